The van der Waals surface area contributed by atoms with Crippen molar-refractivity contribution in [1.29, 1.82) is 0 Å². The molecule has 2 rings (SSSR count). The zero-order chi connectivity index (χ0) is 6.97. The third-order valence-corrected chi connectivity index (χ3v) is 2.10. The molecule has 0 bridgehead atoms. The van der Waals surface area contributed by atoms with Gasteiger partial charge >= 0.3 is 0 Å². The number of furan rings is 1. The molecule has 1 atom stereocenters. The van der Waals surface area contributed by atoms with E-state index in [0.717, 1.165) is 12.3 Å². The Balaban J connectivity index is 2.23. The monoisotopic (exact) mass is 137 g/mol. The van der Waals surface area contributed by atoms with Crippen molar-refractivity contribution in [2.45, 2.75) is 19.4 Å². The minimum atomic E-state index is 0.568. The fraction of sp³-hybridized carbons (Fsp3) is 0.500. The largest absolute Gasteiger partial charge is 0.469 e. The lowest BCUT2D eigenvalue weighted by molar-refractivity contribution is 0.376. The summed E-state index contributed by atoms with van der Waals surface area (Å²) < 4.78 is 5.18. The van der Waals surface area contributed by atoms with Crippen LogP contribution in [0.4, 0.5) is 0 Å². The second-order valence-corrected chi connectivity index (χ2v) is 2.73. The van der Waals surface area contributed by atoms with Gasteiger partial charge in [0, 0.05) is 11.6 Å². The predicted molar refractivity (Wildman–Crippen MR) is 38.8 cm³/mol. The quantitative estimate of drug-likeness (QED) is 0.636. The van der Waals surface area contributed by atoms with Crippen LogP contribution in [-0.4, -0.2) is 6.54 Å². The summed E-state index contributed by atoms with van der Waals surface area (Å²) in [6, 6.07) is 2.62. The van der Waals surface area contributed by atoms with Gasteiger partial charge in [-0.05, 0) is 26.0 Å². The summed E-state index contributed by atoms with van der Waals surface area (Å²) in [7, 11) is 0. The van der Waals surface area contributed by atoms with Crippen LogP contribution in [0.15, 0.2) is 16.7 Å². The molecule has 1 aliphatic heterocycles. The second kappa shape index (κ2) is 2.13. The average molecular weight is 137 g/mol. The summed E-state index contributed by atoms with van der Waals surface area (Å²) >= 11 is 0. The van der Waals surface area contributed by atoms with Crippen LogP contribution >= 0.6 is 0 Å². The van der Waals surface area contributed by atoms with Gasteiger partial charge in [-0.25, -0.2) is 0 Å². The molecule has 2 heterocycles. The minimum Gasteiger partial charge on any atom is -0.469 e. The van der Waals surface area contributed by atoms with Crippen LogP contribution in [0.1, 0.15) is 23.8 Å². The highest BCUT2D eigenvalue weighted by molar-refractivity contribution is 5.21. The molecule has 0 saturated carbocycles. The van der Waals surface area contributed by atoms with E-state index in [2.05, 4.69) is 5.32 Å². The summed E-state index contributed by atoms with van der Waals surface area (Å²) in [4.78, 5) is 0. The molecule has 0 aromatic carbocycles. The van der Waals surface area contributed by atoms with Crippen molar-refractivity contribution in [2.24, 2.45) is 0 Å². The standard InChI is InChI=1S/C8H11NO/c1-6-7(3-5-10-6)8-2-4-9-8/h3,5,8-9H,2,4H2,1H3. The lowest BCUT2D eigenvalue weighted by atomic mass is 9.99. The summed E-state index contributed by atoms with van der Waals surface area (Å²) in [6.07, 6.45) is 3.00. The molecule has 2 nitrogen and oxygen atoms in total. The fourth-order valence-corrected chi connectivity index (χ4v) is 1.31. The Kier molecular flexibility index (Phi) is 1.27. The van der Waals surface area contributed by atoms with E-state index in [4.69, 9.17) is 4.42 Å². The molecule has 1 saturated heterocycles. The van der Waals surface area contributed by atoms with Crippen LogP contribution in [0.25, 0.3) is 0 Å². The molecule has 10 heavy (non-hydrogen) atoms. The fourth-order valence-electron chi connectivity index (χ4n) is 1.31. The lowest BCUT2D eigenvalue weighted by Crippen LogP contribution is -2.34. The number of hydrogen-bond acceptors (Lipinski definition) is 2. The molecule has 1 fully saturated rings. The number of rotatable bonds is 1. The number of aryl methyl sites for hydroxylation is 1. The van der Waals surface area contributed by atoms with Gasteiger partial charge in [-0.3, -0.25) is 0 Å². The van der Waals surface area contributed by atoms with E-state index in [1.165, 1.54) is 12.0 Å². The zero-order valence-corrected chi connectivity index (χ0v) is 6.05. The van der Waals surface area contributed by atoms with Gasteiger partial charge in [0.05, 0.1) is 6.26 Å². The number of nitrogens with one attached hydrogen (secondary N) is 1. The lowest BCUT2D eigenvalue weighted by Gasteiger charge is -2.27. The third-order valence-electron chi connectivity index (χ3n) is 2.10. The van der Waals surface area contributed by atoms with Crippen molar-refractivity contribution in [1.82, 2.24) is 5.32 Å². The molecular weight excluding hydrogens is 126 g/mol. The molecule has 1 aliphatic rings. The maximum absolute atomic E-state index is 5.18. The van der Waals surface area contributed by atoms with E-state index in [1.54, 1.807) is 6.26 Å². The molecule has 0 amide bonds. The molecular formula is C8H11NO. The predicted octanol–water partition coefficient (Wildman–Crippen LogP) is 1.62. The highest BCUT2D eigenvalue weighted by atomic mass is 16.3. The van der Waals surface area contributed by atoms with Gasteiger partial charge in [0.1, 0.15) is 5.76 Å². The van der Waals surface area contributed by atoms with Crippen molar-refractivity contribution >= 4 is 0 Å². The van der Waals surface area contributed by atoms with Gasteiger partial charge in [0.25, 0.3) is 0 Å². The molecule has 0 spiro atoms. The highest BCUT2D eigenvalue weighted by Crippen LogP contribution is 2.25. The van der Waals surface area contributed by atoms with Gasteiger partial charge in [0.2, 0.25) is 0 Å². The van der Waals surface area contributed by atoms with Gasteiger partial charge in [-0.15, -0.1) is 0 Å². The van der Waals surface area contributed by atoms with Crippen LogP contribution in [0.3, 0.4) is 0 Å². The molecule has 0 aliphatic carbocycles. The first-order chi connectivity index (χ1) is 4.88. The maximum Gasteiger partial charge on any atom is 0.105 e. The Morgan fingerprint density at radius 1 is 1.70 bits per heavy atom. The molecule has 54 valence electrons. The topological polar surface area (TPSA) is 25.2 Å². The molecule has 1 unspecified atom stereocenters. The van der Waals surface area contributed by atoms with E-state index in [-0.39, 0.29) is 0 Å². The van der Waals surface area contributed by atoms with Crippen molar-refractivity contribution in [3.8, 4) is 0 Å². The summed E-state index contributed by atoms with van der Waals surface area (Å²) in [5.74, 6) is 1.05. The highest BCUT2D eigenvalue weighted by Gasteiger charge is 2.20. The van der Waals surface area contributed by atoms with E-state index >= 15 is 0 Å². The molecule has 1 aromatic heterocycles. The van der Waals surface area contributed by atoms with Gasteiger partial charge in [-0.2, -0.15) is 0 Å². The van der Waals surface area contributed by atoms with E-state index in [0.29, 0.717) is 6.04 Å². The van der Waals surface area contributed by atoms with Crippen LogP contribution in [0, 0.1) is 6.92 Å². The first kappa shape index (κ1) is 5.98. The van der Waals surface area contributed by atoms with Crippen LogP contribution in [-0.2, 0) is 0 Å². The van der Waals surface area contributed by atoms with Crippen molar-refractivity contribution in [3.05, 3.63) is 23.7 Å². The normalized spacial score (nSPS) is 24.3. The SMILES string of the molecule is Cc1occc1C1CCN1. The van der Waals surface area contributed by atoms with Gasteiger partial charge < -0.3 is 9.73 Å². The third kappa shape index (κ3) is 0.762. The second-order valence-electron chi connectivity index (χ2n) is 2.73. The Morgan fingerprint density at radius 3 is 2.90 bits per heavy atom. The Bertz CT molecular complexity index is 225. The van der Waals surface area contributed by atoms with Crippen molar-refractivity contribution < 1.29 is 4.42 Å². The van der Waals surface area contributed by atoms with Crippen LogP contribution in [0.2, 0.25) is 0 Å². The average Bonchev–Trinajstić information content (AvgIpc) is 2.12. The summed E-state index contributed by atoms with van der Waals surface area (Å²) in [6.45, 7) is 3.16. The minimum absolute atomic E-state index is 0.568. The number of hydrogen-bond donors (Lipinski definition) is 1. The van der Waals surface area contributed by atoms with E-state index < -0.39 is 0 Å². The smallest absolute Gasteiger partial charge is 0.105 e. The first-order valence-corrected chi connectivity index (χ1v) is 3.65. The maximum atomic E-state index is 5.18. The summed E-state index contributed by atoms with van der Waals surface area (Å²) in [5.41, 5.74) is 1.33. The van der Waals surface area contributed by atoms with Crippen molar-refractivity contribution in [3.63, 3.8) is 0 Å². The van der Waals surface area contributed by atoms with E-state index in [1.807, 2.05) is 13.0 Å². The molecule has 1 aromatic rings. The van der Waals surface area contributed by atoms with Crippen LogP contribution < -0.4 is 5.32 Å². The molecule has 1 N–H and O–H groups in total. The molecule has 2 heteroatoms. The van der Waals surface area contributed by atoms with Gasteiger partial charge in [-0.1, -0.05) is 0 Å². The van der Waals surface area contributed by atoms with Crippen LogP contribution in [0.5, 0.6) is 0 Å². The molecule has 0 radical (unpaired) electrons. The van der Waals surface area contributed by atoms with E-state index in [9.17, 15) is 0 Å². The first-order valence-electron chi connectivity index (χ1n) is 3.65. The Labute approximate surface area is 60.2 Å². The van der Waals surface area contributed by atoms with Crippen molar-refractivity contribution in [2.75, 3.05) is 6.54 Å². The Morgan fingerprint density at radius 2 is 2.50 bits per heavy atom. The van der Waals surface area contributed by atoms with Gasteiger partial charge in [0.15, 0.2) is 0 Å². The zero-order valence-electron chi connectivity index (χ0n) is 6.05. The Hall–Kier alpha value is -0.760. The summed E-state index contributed by atoms with van der Waals surface area (Å²) in [5, 5.41) is 3.33.